The summed E-state index contributed by atoms with van der Waals surface area (Å²) in [6, 6.07) is 10.4. The van der Waals surface area contributed by atoms with Gasteiger partial charge in [-0.3, -0.25) is 5.43 Å². The van der Waals surface area contributed by atoms with E-state index < -0.39 is 0 Å². The molecule has 2 N–H and O–H groups in total. The van der Waals surface area contributed by atoms with Crippen LogP contribution in [0, 0.1) is 5.82 Å². The van der Waals surface area contributed by atoms with Gasteiger partial charge in [-0.2, -0.15) is 5.10 Å². The average molecular weight is 378 g/mol. The molecule has 0 bridgehead atoms. The molecule has 5 nitrogen and oxygen atoms in total. The van der Waals surface area contributed by atoms with Gasteiger partial charge in [0, 0.05) is 24.5 Å². The zero-order valence-electron chi connectivity index (χ0n) is 13.6. The Bertz CT molecular complexity index is 727. The third-order valence-electron chi connectivity index (χ3n) is 3.66. The predicted octanol–water partition coefficient (Wildman–Crippen LogP) is 2.72. The van der Waals surface area contributed by atoms with Gasteiger partial charge in [-0.05, 0) is 42.0 Å². The fourth-order valence-corrected chi connectivity index (χ4v) is 3.40. The Morgan fingerprint density at radius 3 is 2.76 bits per heavy atom. The van der Waals surface area contributed by atoms with Crippen LogP contribution in [0.25, 0.3) is 0 Å². The molecule has 132 valence electrons. The average Bonchev–Trinajstić information content (AvgIpc) is 3.11. The van der Waals surface area contributed by atoms with Crippen LogP contribution in [0.4, 0.5) is 9.39 Å². The number of thiophene rings is 1. The molecule has 0 atom stereocenters. The fourth-order valence-electron chi connectivity index (χ4n) is 2.34. The van der Waals surface area contributed by atoms with Gasteiger partial charge >= 0.3 is 0 Å². The van der Waals surface area contributed by atoms with Crippen molar-refractivity contribution in [2.45, 2.75) is 6.54 Å². The standard InChI is InChI=1S/C17H19FN4OS2/c18-14-3-1-13(2-4-14)11-19-17(24)21-20-12-15-5-6-16(25-15)22-7-9-23-10-8-22/h1-6,12H,7-11H2,(H2,19,21,24)/b20-12-. The van der Waals surface area contributed by atoms with Gasteiger partial charge in [-0.25, -0.2) is 4.39 Å². The molecule has 1 aliphatic heterocycles. The number of anilines is 1. The quantitative estimate of drug-likeness (QED) is 0.476. The second-order valence-electron chi connectivity index (χ2n) is 5.45. The van der Waals surface area contributed by atoms with Gasteiger partial charge < -0.3 is 15.0 Å². The molecular weight excluding hydrogens is 359 g/mol. The van der Waals surface area contributed by atoms with Crippen molar-refractivity contribution in [3.8, 4) is 0 Å². The summed E-state index contributed by atoms with van der Waals surface area (Å²) in [5, 5.41) is 8.83. The zero-order valence-corrected chi connectivity index (χ0v) is 15.2. The lowest BCUT2D eigenvalue weighted by atomic mass is 10.2. The van der Waals surface area contributed by atoms with Gasteiger partial charge in [0.2, 0.25) is 0 Å². The smallest absolute Gasteiger partial charge is 0.187 e. The Hall–Kier alpha value is -2.03. The Kier molecular flexibility index (Phi) is 6.32. The van der Waals surface area contributed by atoms with E-state index >= 15 is 0 Å². The first kappa shape index (κ1) is 17.8. The number of rotatable bonds is 5. The molecule has 0 saturated carbocycles. The van der Waals surface area contributed by atoms with Crippen LogP contribution in [0.5, 0.6) is 0 Å². The number of hydrogen-bond acceptors (Lipinski definition) is 5. The minimum Gasteiger partial charge on any atom is -0.378 e. The third-order valence-corrected chi connectivity index (χ3v) is 4.98. The van der Waals surface area contributed by atoms with E-state index in [2.05, 4.69) is 26.8 Å². The number of nitrogens with one attached hydrogen (secondary N) is 2. The van der Waals surface area contributed by atoms with Crippen molar-refractivity contribution >= 4 is 39.9 Å². The summed E-state index contributed by atoms with van der Waals surface area (Å²) in [6.45, 7) is 3.91. The highest BCUT2D eigenvalue weighted by atomic mass is 32.1. The maximum Gasteiger partial charge on any atom is 0.187 e. The monoisotopic (exact) mass is 378 g/mol. The summed E-state index contributed by atoms with van der Waals surface area (Å²) in [5.41, 5.74) is 3.74. The van der Waals surface area contributed by atoms with Crippen LogP contribution in [0.1, 0.15) is 10.4 Å². The number of ether oxygens (including phenoxy) is 1. The summed E-state index contributed by atoms with van der Waals surface area (Å²) in [4.78, 5) is 3.36. The molecular formula is C17H19FN4OS2. The Morgan fingerprint density at radius 1 is 1.24 bits per heavy atom. The molecule has 1 aliphatic rings. The molecule has 1 saturated heterocycles. The Balaban J connectivity index is 1.43. The highest BCUT2D eigenvalue weighted by Crippen LogP contribution is 2.25. The lowest BCUT2D eigenvalue weighted by Gasteiger charge is -2.27. The van der Waals surface area contributed by atoms with E-state index in [1.807, 2.05) is 6.07 Å². The van der Waals surface area contributed by atoms with Crippen LogP contribution in [-0.4, -0.2) is 37.6 Å². The zero-order chi connectivity index (χ0) is 17.5. The lowest BCUT2D eigenvalue weighted by Crippen LogP contribution is -2.35. The van der Waals surface area contributed by atoms with Crippen LogP contribution >= 0.6 is 23.6 Å². The summed E-state index contributed by atoms with van der Waals surface area (Å²) in [6.07, 6.45) is 1.75. The van der Waals surface area contributed by atoms with Gasteiger partial charge in [-0.1, -0.05) is 12.1 Å². The van der Waals surface area contributed by atoms with Gasteiger partial charge in [0.15, 0.2) is 5.11 Å². The molecule has 2 heterocycles. The minimum atomic E-state index is -0.249. The molecule has 0 radical (unpaired) electrons. The molecule has 1 aromatic heterocycles. The van der Waals surface area contributed by atoms with Crippen molar-refractivity contribution in [3.05, 3.63) is 52.7 Å². The number of halogens is 1. The highest BCUT2D eigenvalue weighted by molar-refractivity contribution is 7.80. The van der Waals surface area contributed by atoms with Crippen molar-refractivity contribution in [1.82, 2.24) is 10.7 Å². The van der Waals surface area contributed by atoms with E-state index in [1.54, 1.807) is 29.7 Å². The maximum absolute atomic E-state index is 12.8. The predicted molar refractivity (Wildman–Crippen MR) is 104 cm³/mol. The summed E-state index contributed by atoms with van der Waals surface area (Å²) in [5.74, 6) is -0.249. The third kappa shape index (κ3) is 5.48. The number of benzene rings is 1. The lowest BCUT2D eigenvalue weighted by molar-refractivity contribution is 0.123. The number of morpholine rings is 1. The number of thiocarbonyl (C=S) groups is 1. The van der Waals surface area contributed by atoms with Crippen molar-refractivity contribution in [1.29, 1.82) is 0 Å². The van der Waals surface area contributed by atoms with Crippen molar-refractivity contribution in [3.63, 3.8) is 0 Å². The molecule has 0 unspecified atom stereocenters. The van der Waals surface area contributed by atoms with Crippen LogP contribution < -0.4 is 15.6 Å². The van der Waals surface area contributed by atoms with E-state index in [0.717, 1.165) is 36.7 Å². The topological polar surface area (TPSA) is 48.9 Å². The summed E-state index contributed by atoms with van der Waals surface area (Å²) in [7, 11) is 0. The van der Waals surface area contributed by atoms with Gasteiger partial charge in [0.05, 0.1) is 24.4 Å². The van der Waals surface area contributed by atoms with Crippen LogP contribution in [-0.2, 0) is 11.3 Å². The minimum absolute atomic E-state index is 0.249. The first-order chi connectivity index (χ1) is 12.2. The molecule has 25 heavy (non-hydrogen) atoms. The van der Waals surface area contributed by atoms with Crippen molar-refractivity contribution in [2.75, 3.05) is 31.2 Å². The number of nitrogens with zero attached hydrogens (tertiary/aromatic N) is 2. The van der Waals surface area contributed by atoms with E-state index in [4.69, 9.17) is 17.0 Å². The van der Waals surface area contributed by atoms with Crippen LogP contribution in [0.2, 0.25) is 0 Å². The number of hydrogen-bond donors (Lipinski definition) is 2. The first-order valence-corrected chi connectivity index (χ1v) is 9.17. The Labute approximate surface area is 155 Å². The van der Waals surface area contributed by atoms with Crippen molar-refractivity contribution < 1.29 is 9.13 Å². The molecule has 1 aromatic carbocycles. The summed E-state index contributed by atoms with van der Waals surface area (Å²) >= 11 is 6.86. The highest BCUT2D eigenvalue weighted by Gasteiger charge is 2.12. The molecule has 0 amide bonds. The number of hydrazone groups is 1. The van der Waals surface area contributed by atoms with Gasteiger partial charge in [-0.15, -0.1) is 11.3 Å². The molecule has 1 fully saturated rings. The SMILES string of the molecule is Fc1ccc(CNC(=S)N/N=C\c2ccc(N3CCOCC3)s2)cc1. The molecule has 2 aromatic rings. The second kappa shape index (κ2) is 8.89. The molecule has 3 rings (SSSR count). The van der Waals surface area contributed by atoms with Gasteiger partial charge in [0.25, 0.3) is 0 Å². The molecule has 0 aliphatic carbocycles. The van der Waals surface area contributed by atoms with E-state index in [9.17, 15) is 4.39 Å². The Morgan fingerprint density at radius 2 is 2.00 bits per heavy atom. The second-order valence-corrected chi connectivity index (χ2v) is 6.96. The fraction of sp³-hybridized carbons (Fsp3) is 0.294. The van der Waals surface area contributed by atoms with Gasteiger partial charge in [0.1, 0.15) is 5.82 Å². The van der Waals surface area contributed by atoms with Crippen LogP contribution in [0.15, 0.2) is 41.5 Å². The van der Waals surface area contributed by atoms with Crippen molar-refractivity contribution in [2.24, 2.45) is 5.10 Å². The largest absolute Gasteiger partial charge is 0.378 e. The first-order valence-electron chi connectivity index (χ1n) is 7.94. The van der Waals surface area contributed by atoms with Crippen LogP contribution in [0.3, 0.4) is 0 Å². The molecule has 8 heteroatoms. The van der Waals surface area contributed by atoms with E-state index in [1.165, 1.54) is 17.1 Å². The van der Waals surface area contributed by atoms with E-state index in [-0.39, 0.29) is 5.82 Å². The normalized spacial score (nSPS) is 14.7. The van der Waals surface area contributed by atoms with E-state index in [0.29, 0.717) is 11.7 Å². The summed E-state index contributed by atoms with van der Waals surface area (Å²) < 4.78 is 18.2. The molecule has 0 spiro atoms. The maximum atomic E-state index is 12.8.